The van der Waals surface area contributed by atoms with Gasteiger partial charge in [0, 0.05) is 11.3 Å². The normalized spacial score (nSPS) is 11.2. The minimum atomic E-state index is -1.29. The van der Waals surface area contributed by atoms with Crippen molar-refractivity contribution >= 4 is 12.0 Å². The number of aliphatic carboxylic acids is 1. The van der Waals surface area contributed by atoms with E-state index in [9.17, 15) is 9.18 Å². The molecule has 106 valence electrons. The van der Waals surface area contributed by atoms with Crippen molar-refractivity contribution < 1.29 is 14.3 Å². The third kappa shape index (κ3) is 2.82. The molecule has 0 radical (unpaired) electrons. The molecule has 5 nitrogen and oxygen atoms in total. The van der Waals surface area contributed by atoms with Crippen LogP contribution in [0.1, 0.15) is 17.0 Å². The first-order chi connectivity index (χ1) is 9.93. The summed E-state index contributed by atoms with van der Waals surface area (Å²) in [6, 6.07) is 7.42. The minimum absolute atomic E-state index is 0.349. The van der Waals surface area contributed by atoms with Crippen LogP contribution < -0.4 is 0 Å². The van der Waals surface area contributed by atoms with E-state index in [0.717, 1.165) is 0 Å². The second-order valence-electron chi connectivity index (χ2n) is 4.45. The molecule has 1 aromatic heterocycles. The lowest BCUT2D eigenvalue weighted by molar-refractivity contribution is -0.132. The number of rotatable bonds is 3. The zero-order valence-electron chi connectivity index (χ0n) is 11.5. The van der Waals surface area contributed by atoms with E-state index in [1.165, 1.54) is 18.2 Å². The molecule has 1 heterocycles. The van der Waals surface area contributed by atoms with Crippen LogP contribution in [0.2, 0.25) is 0 Å². The van der Waals surface area contributed by atoms with E-state index in [0.29, 0.717) is 22.6 Å². The second-order valence-corrected chi connectivity index (χ2v) is 4.45. The maximum atomic E-state index is 13.0. The zero-order valence-corrected chi connectivity index (χ0v) is 11.5. The molecule has 0 aliphatic rings. The summed E-state index contributed by atoms with van der Waals surface area (Å²) in [4.78, 5) is 10.9. The van der Waals surface area contributed by atoms with E-state index in [1.807, 2.05) is 0 Å². The smallest absolute Gasteiger partial charge is 0.346 e. The summed E-state index contributed by atoms with van der Waals surface area (Å²) < 4.78 is 14.5. The summed E-state index contributed by atoms with van der Waals surface area (Å²) in [7, 11) is 0. The third-order valence-corrected chi connectivity index (χ3v) is 3.06. The second kappa shape index (κ2) is 5.59. The van der Waals surface area contributed by atoms with Crippen molar-refractivity contribution in [3.05, 3.63) is 52.6 Å². The Kier molecular flexibility index (Phi) is 3.85. The number of carboxylic acids is 1. The van der Waals surface area contributed by atoms with E-state index < -0.39 is 5.97 Å². The standard InChI is InChI=1S/C15H12FN3O2/c1-9-14(7-11(8-17)15(20)21)10(2)19(18-9)13-5-3-12(16)4-6-13/h3-7H,1-2H3,(H,20,21). The molecular formula is C15H12FN3O2. The van der Waals surface area contributed by atoms with E-state index in [4.69, 9.17) is 10.4 Å². The van der Waals surface area contributed by atoms with Crippen molar-refractivity contribution in [1.82, 2.24) is 9.78 Å². The lowest BCUT2D eigenvalue weighted by atomic mass is 10.1. The van der Waals surface area contributed by atoms with Crippen LogP contribution in [0.4, 0.5) is 4.39 Å². The van der Waals surface area contributed by atoms with Gasteiger partial charge in [-0.2, -0.15) is 10.4 Å². The molecule has 0 atom stereocenters. The Balaban J connectivity index is 2.55. The maximum Gasteiger partial charge on any atom is 0.346 e. The summed E-state index contributed by atoms with van der Waals surface area (Å²) in [5.74, 6) is -1.64. The van der Waals surface area contributed by atoms with Gasteiger partial charge in [-0.1, -0.05) is 0 Å². The van der Waals surface area contributed by atoms with Gasteiger partial charge in [-0.15, -0.1) is 0 Å². The Hall–Kier alpha value is -2.94. The number of nitrogens with zero attached hydrogens (tertiary/aromatic N) is 3. The predicted octanol–water partition coefficient (Wildman–Crippen LogP) is 2.62. The van der Waals surface area contributed by atoms with Gasteiger partial charge >= 0.3 is 5.97 Å². The number of nitriles is 1. The number of hydrogen-bond donors (Lipinski definition) is 1. The van der Waals surface area contributed by atoms with Crippen LogP contribution in [0.3, 0.4) is 0 Å². The summed E-state index contributed by atoms with van der Waals surface area (Å²) in [6.45, 7) is 3.47. The Bertz CT molecular complexity index is 767. The zero-order chi connectivity index (χ0) is 15.6. The average molecular weight is 285 g/mol. The van der Waals surface area contributed by atoms with Crippen LogP contribution in [-0.2, 0) is 4.79 Å². The molecule has 0 unspecified atom stereocenters. The van der Waals surface area contributed by atoms with Gasteiger partial charge < -0.3 is 5.11 Å². The maximum absolute atomic E-state index is 13.0. The number of aromatic nitrogens is 2. The highest BCUT2D eigenvalue weighted by Gasteiger charge is 2.14. The molecule has 6 heteroatoms. The summed E-state index contributed by atoms with van der Waals surface area (Å²) in [5, 5.41) is 22.0. The quantitative estimate of drug-likeness (QED) is 0.694. The molecule has 1 N–H and O–H groups in total. The molecule has 0 aliphatic carbocycles. The van der Waals surface area contributed by atoms with Crippen LogP contribution in [-0.4, -0.2) is 20.9 Å². The Labute approximate surface area is 120 Å². The highest BCUT2D eigenvalue weighted by atomic mass is 19.1. The highest BCUT2D eigenvalue weighted by molar-refractivity contribution is 5.96. The number of aryl methyl sites for hydroxylation is 1. The van der Waals surface area contributed by atoms with Gasteiger partial charge in [-0.25, -0.2) is 13.9 Å². The minimum Gasteiger partial charge on any atom is -0.477 e. The molecule has 0 spiro atoms. The first-order valence-corrected chi connectivity index (χ1v) is 6.11. The molecule has 2 aromatic rings. The van der Waals surface area contributed by atoms with Crippen LogP contribution in [0.25, 0.3) is 11.8 Å². The van der Waals surface area contributed by atoms with Crippen LogP contribution in [0, 0.1) is 31.0 Å². The molecule has 0 saturated carbocycles. The Morgan fingerprint density at radius 1 is 1.38 bits per heavy atom. The van der Waals surface area contributed by atoms with Crippen molar-refractivity contribution in [2.24, 2.45) is 0 Å². The topological polar surface area (TPSA) is 78.9 Å². The Morgan fingerprint density at radius 3 is 2.52 bits per heavy atom. The van der Waals surface area contributed by atoms with Crippen LogP contribution in [0.15, 0.2) is 29.8 Å². The van der Waals surface area contributed by atoms with Gasteiger partial charge in [-0.3, -0.25) is 0 Å². The van der Waals surface area contributed by atoms with Gasteiger partial charge in [0.15, 0.2) is 0 Å². The molecule has 0 saturated heterocycles. The summed E-state index contributed by atoms with van der Waals surface area (Å²) >= 11 is 0. The number of carboxylic acid groups (broad SMARTS) is 1. The molecular weight excluding hydrogens is 273 g/mol. The van der Waals surface area contributed by atoms with Crippen LogP contribution >= 0.6 is 0 Å². The van der Waals surface area contributed by atoms with Crippen molar-refractivity contribution in [3.63, 3.8) is 0 Å². The monoisotopic (exact) mass is 285 g/mol. The lowest BCUT2D eigenvalue weighted by Crippen LogP contribution is -2.00. The van der Waals surface area contributed by atoms with Gasteiger partial charge in [-0.05, 0) is 44.2 Å². The van der Waals surface area contributed by atoms with Gasteiger partial charge in [0.25, 0.3) is 0 Å². The first-order valence-electron chi connectivity index (χ1n) is 6.11. The lowest BCUT2D eigenvalue weighted by Gasteiger charge is -2.04. The fraction of sp³-hybridized carbons (Fsp3) is 0.133. The van der Waals surface area contributed by atoms with Crippen LogP contribution in [0.5, 0.6) is 0 Å². The Morgan fingerprint density at radius 2 is 2.00 bits per heavy atom. The van der Waals surface area contributed by atoms with E-state index in [-0.39, 0.29) is 11.4 Å². The number of halogens is 1. The fourth-order valence-electron chi connectivity index (χ4n) is 1.98. The van der Waals surface area contributed by atoms with E-state index >= 15 is 0 Å². The fourth-order valence-corrected chi connectivity index (χ4v) is 1.98. The van der Waals surface area contributed by atoms with Crippen molar-refractivity contribution in [2.75, 3.05) is 0 Å². The first kappa shape index (κ1) is 14.5. The average Bonchev–Trinajstić information content (AvgIpc) is 2.72. The largest absolute Gasteiger partial charge is 0.477 e. The number of benzene rings is 1. The molecule has 2 rings (SSSR count). The van der Waals surface area contributed by atoms with E-state index in [2.05, 4.69) is 5.10 Å². The highest BCUT2D eigenvalue weighted by Crippen LogP contribution is 2.20. The summed E-state index contributed by atoms with van der Waals surface area (Å²) in [5.41, 5.74) is 2.13. The molecule has 0 bridgehead atoms. The van der Waals surface area contributed by atoms with Crippen molar-refractivity contribution in [2.45, 2.75) is 13.8 Å². The molecule has 0 amide bonds. The third-order valence-electron chi connectivity index (χ3n) is 3.06. The molecule has 0 aliphatic heterocycles. The van der Waals surface area contributed by atoms with Gasteiger partial charge in [0.05, 0.1) is 11.4 Å². The van der Waals surface area contributed by atoms with E-state index in [1.54, 1.807) is 36.7 Å². The van der Waals surface area contributed by atoms with Crippen molar-refractivity contribution in [1.29, 1.82) is 5.26 Å². The van der Waals surface area contributed by atoms with Gasteiger partial charge in [0.1, 0.15) is 17.5 Å². The predicted molar refractivity (Wildman–Crippen MR) is 74.2 cm³/mol. The SMILES string of the molecule is Cc1nn(-c2ccc(F)cc2)c(C)c1C=C(C#N)C(=O)O. The summed E-state index contributed by atoms with van der Waals surface area (Å²) in [6.07, 6.45) is 1.29. The van der Waals surface area contributed by atoms with Gasteiger partial charge in [0.2, 0.25) is 0 Å². The molecule has 1 aromatic carbocycles. The molecule has 21 heavy (non-hydrogen) atoms. The number of carbonyl (C=O) groups is 1. The number of hydrogen-bond acceptors (Lipinski definition) is 3. The van der Waals surface area contributed by atoms with Crippen molar-refractivity contribution in [3.8, 4) is 11.8 Å². The molecule has 0 fully saturated rings.